The fourth-order valence-electron chi connectivity index (χ4n) is 2.38. The summed E-state index contributed by atoms with van der Waals surface area (Å²) in [5.41, 5.74) is 0. The van der Waals surface area contributed by atoms with Crippen molar-refractivity contribution in [3.63, 3.8) is 0 Å². The van der Waals surface area contributed by atoms with Gasteiger partial charge >= 0.3 is 0 Å². The van der Waals surface area contributed by atoms with Gasteiger partial charge in [0.1, 0.15) is 0 Å². The number of carbonyl (C=O) groups is 1. The summed E-state index contributed by atoms with van der Waals surface area (Å²) in [5.74, 6) is 2.57. The van der Waals surface area contributed by atoms with Gasteiger partial charge in [-0.2, -0.15) is 11.8 Å². The third kappa shape index (κ3) is 4.58. The fourth-order valence-corrected chi connectivity index (χ4v) is 3.49. The molecule has 114 valence electrons. The Hall–Kier alpha value is -0.910. The molecule has 0 atom stereocenters. The van der Waals surface area contributed by atoms with Crippen molar-refractivity contribution in [2.24, 2.45) is 10.9 Å². The van der Waals surface area contributed by atoms with Crippen LogP contribution in [0.5, 0.6) is 0 Å². The minimum atomic E-state index is 0.206. The largest absolute Gasteiger partial charge is 0.354 e. The van der Waals surface area contributed by atoms with Crippen molar-refractivity contribution in [3.8, 4) is 0 Å². The summed E-state index contributed by atoms with van der Waals surface area (Å²) in [4.78, 5) is 18.2. The van der Waals surface area contributed by atoms with Crippen LogP contribution in [-0.2, 0) is 4.79 Å². The standard InChI is InChI=1S/C14H26N4OS/c1-14(2)10-18(8-9-20-14)13(15-3)17-7-6-16-12(19)11-4-5-11/h11H,4-10H2,1-3H3,(H,15,17)(H,16,19). The molecule has 1 aliphatic carbocycles. The van der Waals surface area contributed by atoms with Crippen molar-refractivity contribution in [2.45, 2.75) is 31.4 Å². The highest BCUT2D eigenvalue weighted by atomic mass is 32.2. The Morgan fingerprint density at radius 1 is 1.35 bits per heavy atom. The second-order valence-corrected chi connectivity index (χ2v) is 7.87. The highest BCUT2D eigenvalue weighted by Crippen LogP contribution is 2.29. The van der Waals surface area contributed by atoms with Gasteiger partial charge in [0.15, 0.2) is 5.96 Å². The molecule has 0 aromatic carbocycles. The summed E-state index contributed by atoms with van der Waals surface area (Å²) in [7, 11) is 1.82. The molecule has 0 aromatic heterocycles. The monoisotopic (exact) mass is 298 g/mol. The number of hydrogen-bond donors (Lipinski definition) is 2. The number of amides is 1. The molecular weight excluding hydrogens is 272 g/mol. The van der Waals surface area contributed by atoms with Crippen LogP contribution in [0.4, 0.5) is 0 Å². The smallest absolute Gasteiger partial charge is 0.223 e. The lowest BCUT2D eigenvalue weighted by atomic mass is 10.2. The summed E-state index contributed by atoms with van der Waals surface area (Å²) in [6.45, 7) is 7.98. The van der Waals surface area contributed by atoms with Crippen LogP contribution in [0.3, 0.4) is 0 Å². The van der Waals surface area contributed by atoms with E-state index in [1.807, 2.05) is 18.8 Å². The van der Waals surface area contributed by atoms with Crippen LogP contribution in [0.25, 0.3) is 0 Å². The Balaban J connectivity index is 1.70. The van der Waals surface area contributed by atoms with E-state index < -0.39 is 0 Å². The van der Waals surface area contributed by atoms with E-state index in [-0.39, 0.29) is 16.6 Å². The maximum Gasteiger partial charge on any atom is 0.223 e. The summed E-state index contributed by atoms with van der Waals surface area (Å²) in [5, 5.41) is 6.31. The molecule has 1 saturated heterocycles. The molecule has 0 unspecified atom stereocenters. The maximum absolute atomic E-state index is 11.5. The van der Waals surface area contributed by atoms with Gasteiger partial charge in [0.2, 0.25) is 5.91 Å². The predicted octanol–water partition coefficient (Wildman–Crippen LogP) is 0.915. The average molecular weight is 298 g/mol. The summed E-state index contributed by atoms with van der Waals surface area (Å²) < 4.78 is 0.274. The second kappa shape index (κ2) is 6.70. The fraction of sp³-hybridized carbons (Fsp3) is 0.857. The lowest BCUT2D eigenvalue weighted by Gasteiger charge is -2.39. The molecule has 0 aromatic rings. The molecular formula is C14H26N4OS. The van der Waals surface area contributed by atoms with Crippen LogP contribution >= 0.6 is 11.8 Å². The molecule has 20 heavy (non-hydrogen) atoms. The number of nitrogens with zero attached hydrogens (tertiary/aromatic N) is 2. The summed E-state index contributed by atoms with van der Waals surface area (Å²) in [6, 6.07) is 0. The van der Waals surface area contributed by atoms with Crippen LogP contribution in [-0.4, -0.2) is 60.5 Å². The molecule has 0 spiro atoms. The quantitative estimate of drug-likeness (QED) is 0.460. The van der Waals surface area contributed by atoms with E-state index in [4.69, 9.17) is 0 Å². The normalized spacial score (nSPS) is 22.6. The number of hydrogen-bond acceptors (Lipinski definition) is 3. The van der Waals surface area contributed by atoms with E-state index in [0.717, 1.165) is 44.2 Å². The molecule has 1 saturated carbocycles. The molecule has 0 radical (unpaired) electrons. The molecule has 1 heterocycles. The topological polar surface area (TPSA) is 56.7 Å². The van der Waals surface area contributed by atoms with E-state index in [1.54, 1.807) is 0 Å². The molecule has 1 aliphatic heterocycles. The number of carbonyl (C=O) groups excluding carboxylic acids is 1. The van der Waals surface area contributed by atoms with Crippen molar-refractivity contribution >= 4 is 23.6 Å². The number of guanidine groups is 1. The van der Waals surface area contributed by atoms with Gasteiger partial charge in [0, 0.05) is 49.6 Å². The second-order valence-electron chi connectivity index (χ2n) is 6.07. The highest BCUT2D eigenvalue weighted by Gasteiger charge is 2.30. The minimum Gasteiger partial charge on any atom is -0.354 e. The van der Waals surface area contributed by atoms with Crippen LogP contribution < -0.4 is 10.6 Å². The zero-order valence-corrected chi connectivity index (χ0v) is 13.6. The van der Waals surface area contributed by atoms with Crippen LogP contribution in [0.15, 0.2) is 4.99 Å². The predicted molar refractivity (Wildman–Crippen MR) is 85.2 cm³/mol. The maximum atomic E-state index is 11.5. The van der Waals surface area contributed by atoms with Crippen molar-refractivity contribution in [3.05, 3.63) is 0 Å². The van der Waals surface area contributed by atoms with Gasteiger partial charge in [-0.3, -0.25) is 9.79 Å². The van der Waals surface area contributed by atoms with Crippen molar-refractivity contribution in [1.29, 1.82) is 0 Å². The third-order valence-corrected chi connectivity index (χ3v) is 4.89. The van der Waals surface area contributed by atoms with Gasteiger partial charge < -0.3 is 15.5 Å². The molecule has 2 N–H and O–H groups in total. The molecule has 1 amide bonds. The Morgan fingerprint density at radius 3 is 2.65 bits per heavy atom. The first-order chi connectivity index (χ1) is 9.52. The zero-order valence-electron chi connectivity index (χ0n) is 12.7. The van der Waals surface area contributed by atoms with Gasteiger partial charge in [-0.1, -0.05) is 0 Å². The van der Waals surface area contributed by atoms with Crippen molar-refractivity contribution < 1.29 is 4.79 Å². The number of rotatable bonds is 4. The molecule has 6 heteroatoms. The summed E-state index contributed by atoms with van der Waals surface area (Å²) >= 11 is 2.01. The van der Waals surface area contributed by atoms with Gasteiger partial charge in [0.05, 0.1) is 0 Å². The lowest BCUT2D eigenvalue weighted by Crippen LogP contribution is -2.51. The molecule has 2 fully saturated rings. The highest BCUT2D eigenvalue weighted by molar-refractivity contribution is 8.00. The number of aliphatic imine (C=N–C) groups is 1. The SMILES string of the molecule is CN=C(NCCNC(=O)C1CC1)N1CCSC(C)(C)C1. The van der Waals surface area contributed by atoms with Gasteiger partial charge in [-0.15, -0.1) is 0 Å². The average Bonchev–Trinajstić information content (AvgIpc) is 3.21. The first kappa shape index (κ1) is 15.5. The van der Waals surface area contributed by atoms with E-state index in [1.165, 1.54) is 0 Å². The van der Waals surface area contributed by atoms with Crippen molar-refractivity contribution in [1.82, 2.24) is 15.5 Å². The molecule has 2 aliphatic rings. The van der Waals surface area contributed by atoms with E-state index in [9.17, 15) is 4.79 Å². The Bertz CT molecular complexity index is 379. The molecule has 5 nitrogen and oxygen atoms in total. The van der Waals surface area contributed by atoms with E-state index in [2.05, 4.69) is 34.4 Å². The van der Waals surface area contributed by atoms with Crippen LogP contribution in [0, 0.1) is 5.92 Å². The number of thioether (sulfide) groups is 1. The zero-order chi connectivity index (χ0) is 14.6. The van der Waals surface area contributed by atoms with Gasteiger partial charge in [-0.05, 0) is 26.7 Å². The van der Waals surface area contributed by atoms with Crippen LogP contribution in [0.2, 0.25) is 0 Å². The van der Waals surface area contributed by atoms with Gasteiger partial charge in [-0.25, -0.2) is 0 Å². The molecule has 2 rings (SSSR count). The Morgan fingerprint density at radius 2 is 2.05 bits per heavy atom. The summed E-state index contributed by atoms with van der Waals surface area (Å²) in [6.07, 6.45) is 2.11. The third-order valence-electron chi connectivity index (χ3n) is 3.59. The van der Waals surface area contributed by atoms with Crippen molar-refractivity contribution in [2.75, 3.05) is 39.0 Å². The van der Waals surface area contributed by atoms with E-state index in [0.29, 0.717) is 6.54 Å². The Kier molecular flexibility index (Phi) is 5.18. The van der Waals surface area contributed by atoms with Crippen LogP contribution in [0.1, 0.15) is 26.7 Å². The van der Waals surface area contributed by atoms with E-state index >= 15 is 0 Å². The van der Waals surface area contributed by atoms with Gasteiger partial charge in [0.25, 0.3) is 0 Å². The molecule has 0 bridgehead atoms. The first-order valence-electron chi connectivity index (χ1n) is 7.39. The minimum absolute atomic E-state index is 0.206. The number of nitrogens with one attached hydrogen (secondary N) is 2. The lowest BCUT2D eigenvalue weighted by molar-refractivity contribution is -0.122. The Labute approximate surface area is 126 Å². The first-order valence-corrected chi connectivity index (χ1v) is 8.38.